The Hall–Kier alpha value is -1.82. The third kappa shape index (κ3) is 3.85. The van der Waals surface area contributed by atoms with Gasteiger partial charge in [-0.2, -0.15) is 9.97 Å². The molecule has 0 unspecified atom stereocenters. The lowest BCUT2D eigenvalue weighted by Gasteiger charge is -2.22. The van der Waals surface area contributed by atoms with Crippen LogP contribution in [-0.2, 0) is 5.41 Å². The third-order valence-electron chi connectivity index (χ3n) is 2.89. The van der Waals surface area contributed by atoms with Crippen molar-refractivity contribution in [1.29, 1.82) is 0 Å². The van der Waals surface area contributed by atoms with Gasteiger partial charge in [-0.25, -0.2) is 0 Å². The van der Waals surface area contributed by atoms with E-state index in [1.807, 2.05) is 18.2 Å². The Balaban J connectivity index is 2.43. The zero-order valence-electron chi connectivity index (χ0n) is 12.5. The molecule has 5 nitrogen and oxygen atoms in total. The number of nitrogens with zero attached hydrogens (tertiary/aromatic N) is 2. The first-order chi connectivity index (χ1) is 9.79. The van der Waals surface area contributed by atoms with Crippen molar-refractivity contribution in [2.45, 2.75) is 26.2 Å². The van der Waals surface area contributed by atoms with Gasteiger partial charge in [0.05, 0.1) is 7.11 Å². The van der Waals surface area contributed by atoms with Gasteiger partial charge in [-0.15, -0.1) is 0 Å². The highest BCUT2D eigenvalue weighted by molar-refractivity contribution is 9.10. The molecule has 2 N–H and O–H groups in total. The van der Waals surface area contributed by atoms with Crippen LogP contribution in [0.25, 0.3) is 0 Å². The number of nitrogens with two attached hydrogens (primary N) is 1. The fraction of sp³-hybridized carbons (Fsp3) is 0.333. The summed E-state index contributed by atoms with van der Waals surface area (Å²) in [6, 6.07) is 7.46. The molecule has 0 radical (unpaired) electrons. The first-order valence-electron chi connectivity index (χ1n) is 6.46. The highest BCUT2D eigenvalue weighted by Gasteiger charge is 2.21. The number of anilines is 1. The molecule has 1 heterocycles. The van der Waals surface area contributed by atoms with Crippen molar-refractivity contribution in [3.63, 3.8) is 0 Å². The van der Waals surface area contributed by atoms with Crippen LogP contribution < -0.4 is 15.2 Å². The second-order valence-electron chi connectivity index (χ2n) is 5.61. The molecule has 0 bridgehead atoms. The Kier molecular flexibility index (Phi) is 4.37. The number of methoxy groups -OCH3 is 1. The van der Waals surface area contributed by atoms with Crippen LogP contribution in [0.2, 0.25) is 0 Å². The molecule has 0 aliphatic carbocycles. The van der Waals surface area contributed by atoms with Gasteiger partial charge in [0.15, 0.2) is 0 Å². The molecule has 0 aliphatic heterocycles. The first kappa shape index (κ1) is 15.6. The van der Waals surface area contributed by atoms with Crippen LogP contribution in [0.15, 0.2) is 28.9 Å². The lowest BCUT2D eigenvalue weighted by Crippen LogP contribution is -2.13. The second-order valence-corrected chi connectivity index (χ2v) is 6.42. The second kappa shape index (κ2) is 5.89. The van der Waals surface area contributed by atoms with Gasteiger partial charge < -0.3 is 15.2 Å². The Labute approximate surface area is 132 Å². The first-order valence-corrected chi connectivity index (χ1v) is 7.25. The summed E-state index contributed by atoms with van der Waals surface area (Å²) in [4.78, 5) is 8.25. The molecule has 21 heavy (non-hydrogen) atoms. The summed E-state index contributed by atoms with van der Waals surface area (Å²) < 4.78 is 11.7. The maximum atomic E-state index is 5.81. The molecule has 0 atom stereocenters. The Morgan fingerprint density at radius 1 is 1.14 bits per heavy atom. The van der Waals surface area contributed by atoms with Crippen LogP contribution >= 0.6 is 15.9 Å². The molecule has 1 aromatic carbocycles. The number of halogens is 1. The lowest BCUT2D eigenvalue weighted by atomic mass is 9.86. The van der Waals surface area contributed by atoms with Crippen LogP contribution in [0.4, 0.5) is 5.82 Å². The van der Waals surface area contributed by atoms with Crippen molar-refractivity contribution in [1.82, 2.24) is 9.97 Å². The van der Waals surface area contributed by atoms with Gasteiger partial charge in [0.25, 0.3) is 0 Å². The molecule has 112 valence electrons. The highest BCUT2D eigenvalue weighted by Crippen LogP contribution is 2.36. The molecule has 0 fully saturated rings. The number of aromatic nitrogens is 2. The van der Waals surface area contributed by atoms with E-state index in [0.29, 0.717) is 16.2 Å². The monoisotopic (exact) mass is 351 g/mol. The van der Waals surface area contributed by atoms with E-state index in [0.717, 1.165) is 11.3 Å². The molecule has 0 aliphatic rings. The normalized spacial score (nSPS) is 11.3. The fourth-order valence-electron chi connectivity index (χ4n) is 1.87. The van der Waals surface area contributed by atoms with Crippen LogP contribution in [0.1, 0.15) is 26.3 Å². The summed E-state index contributed by atoms with van der Waals surface area (Å²) in [7, 11) is 1.64. The minimum absolute atomic E-state index is 0.110. The lowest BCUT2D eigenvalue weighted by molar-refractivity contribution is 0.401. The molecule has 6 heteroatoms. The van der Waals surface area contributed by atoms with Gasteiger partial charge in [0, 0.05) is 11.6 Å². The number of ether oxygens (including phenoxy) is 2. The number of nitrogen functional groups attached to an aromatic ring is 1. The summed E-state index contributed by atoms with van der Waals surface area (Å²) in [6.07, 6.45) is 0. The van der Waals surface area contributed by atoms with Gasteiger partial charge in [-0.1, -0.05) is 20.8 Å². The molecular weight excluding hydrogens is 334 g/mol. The minimum Gasteiger partial charge on any atom is -0.497 e. The van der Waals surface area contributed by atoms with E-state index >= 15 is 0 Å². The van der Waals surface area contributed by atoms with Crippen molar-refractivity contribution >= 4 is 21.7 Å². The number of hydrogen-bond acceptors (Lipinski definition) is 5. The van der Waals surface area contributed by atoms with E-state index in [1.165, 1.54) is 0 Å². The van der Waals surface area contributed by atoms with Gasteiger partial charge in [0.1, 0.15) is 21.9 Å². The quantitative estimate of drug-likeness (QED) is 0.848. The highest BCUT2D eigenvalue weighted by atomic mass is 79.9. The topological polar surface area (TPSA) is 70.3 Å². The van der Waals surface area contributed by atoms with Crippen molar-refractivity contribution in [3.05, 3.63) is 34.4 Å². The summed E-state index contributed by atoms with van der Waals surface area (Å²) in [6.45, 7) is 6.31. The molecule has 0 spiro atoms. The zero-order valence-corrected chi connectivity index (χ0v) is 14.1. The standard InChI is InChI=1S/C15H18BrN3O2/c1-15(2,3)10-7-9(20-4)5-6-11(10)21-14-18-12(16)8-13(17)19-14/h5-8H,1-4H3,(H2,17,18,19). The average molecular weight is 352 g/mol. The smallest absolute Gasteiger partial charge is 0.325 e. The van der Waals surface area contributed by atoms with Gasteiger partial charge in [-0.05, 0) is 39.5 Å². The molecule has 0 saturated heterocycles. The fourth-order valence-corrected chi connectivity index (χ4v) is 2.25. The predicted octanol–water partition coefficient (Wildman–Crippen LogP) is 3.92. The van der Waals surface area contributed by atoms with Gasteiger partial charge >= 0.3 is 6.01 Å². The Morgan fingerprint density at radius 3 is 2.43 bits per heavy atom. The number of hydrogen-bond donors (Lipinski definition) is 1. The zero-order chi connectivity index (χ0) is 15.6. The third-order valence-corrected chi connectivity index (χ3v) is 3.30. The molecule has 0 amide bonds. The van der Waals surface area contributed by atoms with Crippen LogP contribution in [0.5, 0.6) is 17.5 Å². The predicted molar refractivity (Wildman–Crippen MR) is 85.9 cm³/mol. The van der Waals surface area contributed by atoms with E-state index < -0.39 is 0 Å². The maximum Gasteiger partial charge on any atom is 0.325 e. The molecule has 1 aromatic heterocycles. The van der Waals surface area contributed by atoms with Gasteiger partial charge in [0.2, 0.25) is 0 Å². The summed E-state index contributed by atoms with van der Waals surface area (Å²) in [5, 5.41) is 0. The number of benzene rings is 1. The molecule has 2 aromatic rings. The van der Waals surface area contributed by atoms with E-state index in [1.54, 1.807) is 13.2 Å². The Bertz CT molecular complexity index is 634. The summed E-state index contributed by atoms with van der Waals surface area (Å²) >= 11 is 3.28. The van der Waals surface area contributed by atoms with Crippen molar-refractivity contribution in [3.8, 4) is 17.5 Å². The van der Waals surface area contributed by atoms with E-state index in [4.69, 9.17) is 15.2 Å². The van der Waals surface area contributed by atoms with Crippen molar-refractivity contribution in [2.75, 3.05) is 12.8 Å². The van der Waals surface area contributed by atoms with E-state index in [2.05, 4.69) is 46.7 Å². The van der Waals surface area contributed by atoms with E-state index in [9.17, 15) is 0 Å². The SMILES string of the molecule is COc1ccc(Oc2nc(N)cc(Br)n2)c(C(C)(C)C)c1. The van der Waals surface area contributed by atoms with Crippen LogP contribution in [-0.4, -0.2) is 17.1 Å². The largest absolute Gasteiger partial charge is 0.497 e. The van der Waals surface area contributed by atoms with Crippen LogP contribution in [0, 0.1) is 0 Å². The number of rotatable bonds is 3. The van der Waals surface area contributed by atoms with Gasteiger partial charge in [-0.3, -0.25) is 0 Å². The molecule has 2 rings (SSSR count). The summed E-state index contributed by atoms with van der Waals surface area (Å²) in [5.41, 5.74) is 6.60. The summed E-state index contributed by atoms with van der Waals surface area (Å²) in [5.74, 6) is 1.81. The van der Waals surface area contributed by atoms with E-state index in [-0.39, 0.29) is 11.4 Å². The van der Waals surface area contributed by atoms with Crippen LogP contribution in [0.3, 0.4) is 0 Å². The molecular formula is C15H18BrN3O2. The minimum atomic E-state index is -0.110. The Morgan fingerprint density at radius 2 is 1.86 bits per heavy atom. The maximum absolute atomic E-state index is 5.81. The van der Waals surface area contributed by atoms with Crippen molar-refractivity contribution in [2.24, 2.45) is 0 Å². The van der Waals surface area contributed by atoms with Crippen molar-refractivity contribution < 1.29 is 9.47 Å². The molecule has 0 saturated carbocycles. The average Bonchev–Trinajstić information content (AvgIpc) is 2.36.